The molecule has 1 unspecified atom stereocenters. The van der Waals surface area contributed by atoms with Crippen molar-refractivity contribution in [2.24, 2.45) is 15.7 Å². The summed E-state index contributed by atoms with van der Waals surface area (Å²) in [5.41, 5.74) is 5.74. The quantitative estimate of drug-likeness (QED) is 0.658. The first-order valence-electron chi connectivity index (χ1n) is 5.07. The van der Waals surface area contributed by atoms with Crippen LogP contribution >= 0.6 is 11.6 Å². The van der Waals surface area contributed by atoms with E-state index in [9.17, 15) is 0 Å². The molecule has 1 saturated heterocycles. The molecule has 0 aliphatic carbocycles. The van der Waals surface area contributed by atoms with E-state index in [-0.39, 0.29) is 6.17 Å². The molecule has 1 fully saturated rings. The minimum atomic E-state index is -0.211. The Kier molecular flexibility index (Phi) is 3.03. The fourth-order valence-corrected chi connectivity index (χ4v) is 2.03. The number of guanidine groups is 1. The van der Waals surface area contributed by atoms with Crippen LogP contribution in [0.25, 0.3) is 0 Å². The fourth-order valence-electron chi connectivity index (χ4n) is 1.80. The lowest BCUT2D eigenvalue weighted by molar-refractivity contribution is 0.336. The maximum atomic E-state index is 5.89. The Morgan fingerprint density at radius 2 is 2.00 bits per heavy atom. The van der Waals surface area contributed by atoms with E-state index in [1.54, 1.807) is 0 Å². The van der Waals surface area contributed by atoms with Crippen molar-refractivity contribution in [2.75, 3.05) is 13.1 Å². The third kappa shape index (κ3) is 2.25. The Hall–Kier alpha value is -0.610. The maximum absolute atomic E-state index is 5.89. The van der Waals surface area contributed by atoms with Gasteiger partial charge in [0.15, 0.2) is 0 Å². The number of aliphatic imine (C=N–C) groups is 2. The van der Waals surface area contributed by atoms with E-state index in [0.717, 1.165) is 19.0 Å². The highest BCUT2D eigenvalue weighted by atomic mass is 35.5. The van der Waals surface area contributed by atoms with Crippen molar-refractivity contribution < 1.29 is 0 Å². The Morgan fingerprint density at radius 3 is 2.64 bits per heavy atom. The average molecular weight is 215 g/mol. The zero-order valence-electron chi connectivity index (χ0n) is 8.12. The third-order valence-electron chi connectivity index (χ3n) is 2.52. The summed E-state index contributed by atoms with van der Waals surface area (Å²) < 4.78 is 0. The third-order valence-corrected chi connectivity index (χ3v) is 2.76. The van der Waals surface area contributed by atoms with E-state index in [0.29, 0.717) is 11.6 Å². The molecular weight excluding hydrogens is 200 g/mol. The van der Waals surface area contributed by atoms with Gasteiger partial charge in [-0.3, -0.25) is 0 Å². The zero-order chi connectivity index (χ0) is 9.97. The van der Waals surface area contributed by atoms with Crippen molar-refractivity contribution in [1.82, 2.24) is 4.90 Å². The van der Waals surface area contributed by atoms with E-state index >= 15 is 0 Å². The monoisotopic (exact) mass is 214 g/mol. The first kappa shape index (κ1) is 9.93. The van der Waals surface area contributed by atoms with Gasteiger partial charge in [-0.05, 0) is 19.3 Å². The second kappa shape index (κ2) is 4.28. The van der Waals surface area contributed by atoms with Crippen molar-refractivity contribution in [3.63, 3.8) is 0 Å². The highest BCUT2D eigenvalue weighted by molar-refractivity contribution is 6.66. The summed E-state index contributed by atoms with van der Waals surface area (Å²) in [7, 11) is 0. The highest BCUT2D eigenvalue weighted by Gasteiger charge is 2.19. The lowest BCUT2D eigenvalue weighted by Crippen LogP contribution is -2.39. The smallest absolute Gasteiger partial charge is 0.223 e. The lowest BCUT2D eigenvalue weighted by Gasteiger charge is -2.29. The molecule has 0 spiro atoms. The molecule has 78 valence electrons. The van der Waals surface area contributed by atoms with Crippen LogP contribution in [-0.2, 0) is 0 Å². The largest absolute Gasteiger partial charge is 0.341 e. The van der Waals surface area contributed by atoms with Gasteiger partial charge in [0, 0.05) is 19.5 Å². The number of nitrogens with two attached hydrogens (primary N) is 1. The number of piperidine rings is 1. The van der Waals surface area contributed by atoms with E-state index in [1.807, 2.05) is 0 Å². The second-order valence-corrected chi connectivity index (χ2v) is 4.17. The van der Waals surface area contributed by atoms with Crippen molar-refractivity contribution in [3.8, 4) is 0 Å². The van der Waals surface area contributed by atoms with E-state index in [2.05, 4.69) is 14.9 Å². The van der Waals surface area contributed by atoms with Crippen LogP contribution in [0, 0.1) is 0 Å². The minimum Gasteiger partial charge on any atom is -0.341 e. The molecule has 0 saturated carbocycles. The number of rotatable bonds is 0. The molecule has 0 bridgehead atoms. The number of hydrogen-bond acceptors (Lipinski definition) is 4. The van der Waals surface area contributed by atoms with Gasteiger partial charge >= 0.3 is 0 Å². The molecule has 2 heterocycles. The van der Waals surface area contributed by atoms with Gasteiger partial charge in [0.05, 0.1) is 0 Å². The Balaban J connectivity index is 2.08. The van der Waals surface area contributed by atoms with E-state index < -0.39 is 0 Å². The number of hydrogen-bond donors (Lipinski definition) is 1. The molecule has 0 radical (unpaired) electrons. The predicted molar refractivity (Wildman–Crippen MR) is 58.7 cm³/mol. The normalized spacial score (nSPS) is 28.4. The topological polar surface area (TPSA) is 54.0 Å². The van der Waals surface area contributed by atoms with Crippen LogP contribution in [-0.4, -0.2) is 35.3 Å². The van der Waals surface area contributed by atoms with Crippen molar-refractivity contribution in [3.05, 3.63) is 0 Å². The summed E-state index contributed by atoms with van der Waals surface area (Å²) in [6.45, 7) is 2.05. The molecule has 2 rings (SSSR count). The van der Waals surface area contributed by atoms with Gasteiger partial charge in [0.25, 0.3) is 0 Å². The van der Waals surface area contributed by atoms with Gasteiger partial charge in [-0.25, -0.2) is 9.98 Å². The van der Waals surface area contributed by atoms with E-state index in [1.165, 1.54) is 19.3 Å². The van der Waals surface area contributed by atoms with Crippen molar-refractivity contribution in [2.45, 2.75) is 31.8 Å². The predicted octanol–water partition coefficient (Wildman–Crippen LogP) is 1.15. The highest BCUT2D eigenvalue weighted by Crippen LogP contribution is 2.14. The molecule has 5 heteroatoms. The Labute approximate surface area is 88.8 Å². The van der Waals surface area contributed by atoms with Crippen LogP contribution in [0.4, 0.5) is 0 Å². The summed E-state index contributed by atoms with van der Waals surface area (Å²) >= 11 is 5.89. The maximum Gasteiger partial charge on any atom is 0.223 e. The Bertz CT molecular complexity index is 268. The van der Waals surface area contributed by atoms with Gasteiger partial charge in [0.1, 0.15) is 11.3 Å². The molecule has 4 nitrogen and oxygen atoms in total. The molecule has 0 amide bonds. The zero-order valence-corrected chi connectivity index (χ0v) is 8.87. The summed E-state index contributed by atoms with van der Waals surface area (Å²) in [6.07, 6.45) is 4.08. The van der Waals surface area contributed by atoms with Crippen LogP contribution in [0.15, 0.2) is 9.98 Å². The van der Waals surface area contributed by atoms with Gasteiger partial charge < -0.3 is 10.6 Å². The summed E-state index contributed by atoms with van der Waals surface area (Å²) in [5, 5.41) is 0.577. The molecule has 0 aromatic rings. The van der Waals surface area contributed by atoms with Crippen LogP contribution in [0.2, 0.25) is 0 Å². The van der Waals surface area contributed by atoms with Gasteiger partial charge in [-0.1, -0.05) is 11.6 Å². The summed E-state index contributed by atoms with van der Waals surface area (Å²) in [6, 6.07) is 0. The van der Waals surface area contributed by atoms with Crippen LogP contribution in [0.3, 0.4) is 0 Å². The molecule has 2 N–H and O–H groups in total. The van der Waals surface area contributed by atoms with E-state index in [4.69, 9.17) is 17.3 Å². The second-order valence-electron chi connectivity index (χ2n) is 3.74. The summed E-state index contributed by atoms with van der Waals surface area (Å²) in [5.74, 6) is 0.730. The standard InChI is InChI=1S/C9H15ClN4/c10-7-6-8(11)13-9(12-7)14-4-2-1-3-5-14/h8H,1-6,11H2. The fraction of sp³-hybridized carbons (Fsp3) is 0.778. The van der Waals surface area contributed by atoms with Crippen molar-refractivity contribution in [1.29, 1.82) is 0 Å². The van der Waals surface area contributed by atoms with Crippen LogP contribution < -0.4 is 5.73 Å². The van der Waals surface area contributed by atoms with Crippen LogP contribution in [0.1, 0.15) is 25.7 Å². The minimum absolute atomic E-state index is 0.211. The SMILES string of the molecule is NC1CC(Cl)=NC(N2CCCCC2)=N1. The van der Waals surface area contributed by atoms with Gasteiger partial charge in [0.2, 0.25) is 5.96 Å². The molecule has 2 aliphatic rings. The number of halogens is 1. The molecule has 2 aliphatic heterocycles. The Morgan fingerprint density at radius 1 is 1.29 bits per heavy atom. The molecule has 0 aromatic carbocycles. The van der Waals surface area contributed by atoms with Crippen molar-refractivity contribution >= 4 is 22.7 Å². The molecule has 0 aromatic heterocycles. The average Bonchev–Trinajstić information content (AvgIpc) is 2.18. The molecule has 14 heavy (non-hydrogen) atoms. The van der Waals surface area contributed by atoms with Gasteiger partial charge in [-0.2, -0.15) is 0 Å². The first-order chi connectivity index (χ1) is 6.75. The number of nitrogens with zero attached hydrogens (tertiary/aromatic N) is 3. The summed E-state index contributed by atoms with van der Waals surface area (Å²) in [4.78, 5) is 10.7. The molecular formula is C9H15ClN4. The lowest BCUT2D eigenvalue weighted by atomic mass is 10.1. The van der Waals surface area contributed by atoms with Crippen LogP contribution in [0.5, 0.6) is 0 Å². The number of likely N-dealkylation sites (tertiary alicyclic amines) is 1. The first-order valence-corrected chi connectivity index (χ1v) is 5.45. The van der Waals surface area contributed by atoms with Gasteiger partial charge in [-0.15, -0.1) is 0 Å². The molecule has 1 atom stereocenters.